The summed E-state index contributed by atoms with van der Waals surface area (Å²) in [5, 5.41) is 0.743. The molecule has 0 N–H and O–H groups in total. The molecule has 7 heteroatoms. The van der Waals surface area contributed by atoms with Crippen molar-refractivity contribution in [1.82, 2.24) is 0 Å². The Labute approximate surface area is 137 Å². The van der Waals surface area contributed by atoms with Crippen molar-refractivity contribution in [2.45, 2.75) is 9.79 Å². The predicted octanol–water partition coefficient (Wildman–Crippen LogP) is 3.29. The first-order valence-corrected chi connectivity index (χ1v) is 8.40. The zero-order valence-electron chi connectivity index (χ0n) is 11.9. The summed E-state index contributed by atoms with van der Waals surface area (Å²) in [6.07, 6.45) is 0. The molecule has 0 spiro atoms. The molecule has 2 aromatic carbocycles. The van der Waals surface area contributed by atoms with Gasteiger partial charge in [0.05, 0.1) is 12.0 Å². The quantitative estimate of drug-likeness (QED) is 0.678. The van der Waals surface area contributed by atoms with E-state index in [9.17, 15) is 13.2 Å². The van der Waals surface area contributed by atoms with Crippen LogP contribution in [0.4, 0.5) is 0 Å². The standard InChI is InChI=1S/C16H11ClO5S/c1-21-12-6-5-10-7-15(16(18)22-14(10)9-12)23(19,20)13-4-2-3-11(17)8-13/h2-9H,1H3. The second-order valence-corrected chi connectivity index (χ2v) is 7.12. The van der Waals surface area contributed by atoms with Gasteiger partial charge in [0.2, 0.25) is 9.84 Å². The summed E-state index contributed by atoms with van der Waals surface area (Å²) in [4.78, 5) is 11.6. The van der Waals surface area contributed by atoms with Crippen LogP contribution in [0.2, 0.25) is 5.02 Å². The minimum absolute atomic E-state index is 0.0647. The Kier molecular flexibility index (Phi) is 3.87. The molecule has 0 saturated carbocycles. The van der Waals surface area contributed by atoms with E-state index in [-0.39, 0.29) is 15.5 Å². The van der Waals surface area contributed by atoms with Gasteiger partial charge in [-0.25, -0.2) is 13.2 Å². The Hall–Kier alpha value is -2.31. The summed E-state index contributed by atoms with van der Waals surface area (Å²) in [7, 11) is -2.54. The SMILES string of the molecule is COc1ccc2cc(S(=O)(=O)c3cccc(Cl)c3)c(=O)oc2c1. The average Bonchev–Trinajstić information content (AvgIpc) is 2.53. The molecule has 0 aliphatic heterocycles. The van der Waals surface area contributed by atoms with Gasteiger partial charge >= 0.3 is 5.63 Å². The summed E-state index contributed by atoms with van der Waals surface area (Å²) in [6, 6.07) is 11.8. The number of hydrogen-bond donors (Lipinski definition) is 0. The van der Waals surface area contributed by atoms with Crippen LogP contribution < -0.4 is 10.4 Å². The van der Waals surface area contributed by atoms with Crippen LogP contribution in [-0.4, -0.2) is 15.5 Å². The maximum Gasteiger partial charge on any atom is 0.355 e. The molecular formula is C16H11ClO5S. The van der Waals surface area contributed by atoms with E-state index in [1.54, 1.807) is 18.2 Å². The molecule has 0 atom stereocenters. The highest BCUT2D eigenvalue weighted by molar-refractivity contribution is 7.91. The normalized spacial score (nSPS) is 11.6. The Morgan fingerprint density at radius 2 is 1.87 bits per heavy atom. The number of rotatable bonds is 3. The van der Waals surface area contributed by atoms with Gasteiger partial charge in [0, 0.05) is 16.5 Å². The Morgan fingerprint density at radius 3 is 2.57 bits per heavy atom. The van der Waals surface area contributed by atoms with E-state index in [1.807, 2.05) is 0 Å². The van der Waals surface area contributed by atoms with Crippen molar-refractivity contribution in [2.75, 3.05) is 7.11 Å². The third-order valence-corrected chi connectivity index (χ3v) is 5.28. The Morgan fingerprint density at radius 1 is 1.09 bits per heavy atom. The summed E-state index contributed by atoms with van der Waals surface area (Å²) < 4.78 is 35.4. The van der Waals surface area contributed by atoms with E-state index in [1.165, 1.54) is 37.4 Å². The molecular weight excluding hydrogens is 340 g/mol. The second-order valence-electron chi connectivity index (χ2n) is 4.76. The van der Waals surface area contributed by atoms with Gasteiger partial charge in [-0.05, 0) is 36.4 Å². The van der Waals surface area contributed by atoms with Crippen LogP contribution in [0.25, 0.3) is 11.0 Å². The molecule has 0 fully saturated rings. The smallest absolute Gasteiger partial charge is 0.355 e. The van der Waals surface area contributed by atoms with Gasteiger partial charge in [-0.1, -0.05) is 17.7 Å². The minimum atomic E-state index is -4.02. The van der Waals surface area contributed by atoms with E-state index in [0.717, 1.165) is 0 Å². The van der Waals surface area contributed by atoms with Crippen molar-refractivity contribution >= 4 is 32.4 Å². The Balaban J connectivity index is 2.23. The summed E-state index contributed by atoms with van der Waals surface area (Å²) >= 11 is 5.83. The van der Waals surface area contributed by atoms with Crippen LogP contribution in [0.15, 0.2) is 67.5 Å². The van der Waals surface area contributed by atoms with Crippen LogP contribution >= 0.6 is 11.6 Å². The fourth-order valence-corrected chi connectivity index (χ4v) is 3.74. The van der Waals surface area contributed by atoms with Gasteiger partial charge in [-0.15, -0.1) is 0 Å². The van der Waals surface area contributed by atoms with Gasteiger partial charge in [0.25, 0.3) is 0 Å². The molecule has 0 saturated heterocycles. The molecule has 5 nitrogen and oxygen atoms in total. The van der Waals surface area contributed by atoms with Crippen LogP contribution in [0.5, 0.6) is 5.75 Å². The summed E-state index contributed by atoms with van der Waals surface area (Å²) in [6.45, 7) is 0. The maximum atomic E-state index is 12.6. The fraction of sp³-hybridized carbons (Fsp3) is 0.0625. The highest BCUT2D eigenvalue weighted by Gasteiger charge is 2.23. The van der Waals surface area contributed by atoms with E-state index >= 15 is 0 Å². The largest absolute Gasteiger partial charge is 0.497 e. The van der Waals surface area contributed by atoms with Crippen molar-refractivity contribution in [3.05, 3.63) is 64.0 Å². The summed E-state index contributed by atoms with van der Waals surface area (Å²) in [5.41, 5.74) is -0.690. The number of fused-ring (bicyclic) bond motifs is 1. The monoisotopic (exact) mass is 350 g/mol. The third-order valence-electron chi connectivity index (χ3n) is 3.31. The lowest BCUT2D eigenvalue weighted by molar-refractivity contribution is 0.414. The summed E-state index contributed by atoms with van der Waals surface area (Å²) in [5.74, 6) is 0.506. The molecule has 3 aromatic rings. The fourth-order valence-electron chi connectivity index (χ4n) is 2.15. The molecule has 0 amide bonds. The first-order chi connectivity index (χ1) is 10.9. The zero-order valence-corrected chi connectivity index (χ0v) is 13.5. The molecule has 3 rings (SSSR count). The molecule has 23 heavy (non-hydrogen) atoms. The van der Waals surface area contributed by atoms with Gasteiger partial charge in [0.1, 0.15) is 11.3 Å². The van der Waals surface area contributed by atoms with Gasteiger partial charge in [0.15, 0.2) is 4.90 Å². The van der Waals surface area contributed by atoms with Crippen LogP contribution in [0, 0.1) is 0 Å². The van der Waals surface area contributed by atoms with Gasteiger partial charge < -0.3 is 9.15 Å². The molecule has 0 aliphatic rings. The number of hydrogen-bond acceptors (Lipinski definition) is 5. The van der Waals surface area contributed by atoms with E-state index in [0.29, 0.717) is 11.1 Å². The topological polar surface area (TPSA) is 73.6 Å². The van der Waals surface area contributed by atoms with Crippen LogP contribution in [0.3, 0.4) is 0 Å². The molecule has 118 valence electrons. The van der Waals surface area contributed by atoms with Crippen molar-refractivity contribution in [1.29, 1.82) is 0 Å². The van der Waals surface area contributed by atoms with Gasteiger partial charge in [-0.2, -0.15) is 0 Å². The highest BCUT2D eigenvalue weighted by atomic mass is 35.5. The molecule has 1 heterocycles. The predicted molar refractivity (Wildman–Crippen MR) is 85.9 cm³/mol. The van der Waals surface area contributed by atoms with E-state index in [2.05, 4.69) is 0 Å². The number of halogens is 1. The lowest BCUT2D eigenvalue weighted by Crippen LogP contribution is -2.14. The van der Waals surface area contributed by atoms with Crippen molar-refractivity contribution in [2.24, 2.45) is 0 Å². The van der Waals surface area contributed by atoms with E-state index < -0.39 is 20.4 Å². The minimum Gasteiger partial charge on any atom is -0.497 e. The molecule has 0 unspecified atom stereocenters. The van der Waals surface area contributed by atoms with Crippen molar-refractivity contribution in [3.8, 4) is 5.75 Å². The first-order valence-electron chi connectivity index (χ1n) is 6.54. The Bertz CT molecular complexity index is 1050. The lowest BCUT2D eigenvalue weighted by atomic mass is 10.2. The number of methoxy groups -OCH3 is 1. The van der Waals surface area contributed by atoms with Crippen molar-refractivity contribution < 1.29 is 17.6 Å². The first kappa shape index (κ1) is 15.6. The van der Waals surface area contributed by atoms with Crippen molar-refractivity contribution in [3.63, 3.8) is 0 Å². The lowest BCUT2D eigenvalue weighted by Gasteiger charge is -2.06. The average molecular weight is 351 g/mol. The zero-order chi connectivity index (χ0) is 16.6. The third kappa shape index (κ3) is 2.83. The second kappa shape index (κ2) is 5.72. The van der Waals surface area contributed by atoms with E-state index in [4.69, 9.17) is 20.8 Å². The maximum absolute atomic E-state index is 12.6. The van der Waals surface area contributed by atoms with Crippen LogP contribution in [-0.2, 0) is 9.84 Å². The molecule has 0 aliphatic carbocycles. The van der Waals surface area contributed by atoms with Crippen LogP contribution in [0.1, 0.15) is 0 Å². The molecule has 1 aromatic heterocycles. The number of sulfone groups is 1. The van der Waals surface area contributed by atoms with Gasteiger partial charge in [-0.3, -0.25) is 0 Å². The molecule has 0 bridgehead atoms. The highest BCUT2D eigenvalue weighted by Crippen LogP contribution is 2.25. The number of benzene rings is 2. The molecule has 0 radical (unpaired) electrons. The number of ether oxygens (including phenoxy) is 1.